The molecule has 3 heterocycles. The fourth-order valence-electron chi connectivity index (χ4n) is 2.91. The lowest BCUT2D eigenvalue weighted by molar-refractivity contribution is 0.571. The Morgan fingerprint density at radius 2 is 1.79 bits per heavy atom. The highest BCUT2D eigenvalue weighted by Gasteiger charge is 2.12. The van der Waals surface area contributed by atoms with E-state index in [1.165, 1.54) is 15.9 Å². The zero-order valence-corrected chi connectivity index (χ0v) is 17.0. The molecule has 0 saturated heterocycles. The van der Waals surface area contributed by atoms with Gasteiger partial charge in [-0.15, -0.1) is 5.10 Å². The minimum atomic E-state index is -0.229. The van der Waals surface area contributed by atoms with Gasteiger partial charge in [0.2, 0.25) is 4.96 Å². The van der Waals surface area contributed by atoms with Gasteiger partial charge < -0.3 is 4.42 Å². The fourth-order valence-corrected chi connectivity index (χ4v) is 4.09. The third kappa shape index (κ3) is 3.35. The lowest BCUT2D eigenvalue weighted by atomic mass is 10.2. The Labute approximate surface area is 178 Å². The predicted octanol–water partition coefficient (Wildman–Crippen LogP) is 4.93. The summed E-state index contributed by atoms with van der Waals surface area (Å²) in [6.07, 6.45) is 1.69. The molecule has 0 unspecified atom stereocenters. The van der Waals surface area contributed by atoms with E-state index in [1.807, 2.05) is 42.5 Å². The van der Waals surface area contributed by atoms with Crippen molar-refractivity contribution in [1.29, 1.82) is 0 Å². The second kappa shape index (κ2) is 7.15. The van der Waals surface area contributed by atoms with Gasteiger partial charge in [0.1, 0.15) is 16.1 Å². The van der Waals surface area contributed by atoms with Crippen LogP contribution in [0.3, 0.4) is 0 Å². The number of fused-ring (bicyclic) bond motifs is 1. The van der Waals surface area contributed by atoms with Crippen LogP contribution in [-0.4, -0.2) is 14.6 Å². The average Bonchev–Trinajstić information content (AvgIpc) is 3.43. The van der Waals surface area contributed by atoms with E-state index in [0.717, 1.165) is 11.1 Å². The molecule has 5 rings (SSSR count). The summed E-state index contributed by atoms with van der Waals surface area (Å²) in [6.45, 7) is 0. The van der Waals surface area contributed by atoms with Gasteiger partial charge in [-0.3, -0.25) is 4.79 Å². The maximum atomic E-state index is 12.7. The third-order valence-corrected chi connectivity index (χ3v) is 6.02. The first-order valence-corrected chi connectivity index (χ1v) is 10.2. The maximum absolute atomic E-state index is 12.7. The molecule has 0 amide bonds. The molecule has 0 N–H and O–H groups in total. The molecule has 29 heavy (non-hydrogen) atoms. The first kappa shape index (κ1) is 18.1. The van der Waals surface area contributed by atoms with Crippen molar-refractivity contribution in [2.24, 2.45) is 0 Å². The van der Waals surface area contributed by atoms with Crippen molar-refractivity contribution in [3.8, 4) is 22.7 Å². The van der Waals surface area contributed by atoms with Gasteiger partial charge in [0.15, 0.2) is 5.82 Å². The molecular weight excluding hydrogens is 429 g/mol. The molecular formula is C21H11Cl2N3O2S. The van der Waals surface area contributed by atoms with Gasteiger partial charge in [-0.05, 0) is 30.3 Å². The van der Waals surface area contributed by atoms with Crippen LogP contribution in [0.5, 0.6) is 0 Å². The highest BCUT2D eigenvalue weighted by molar-refractivity contribution is 7.15. The van der Waals surface area contributed by atoms with Gasteiger partial charge in [-0.1, -0.05) is 64.9 Å². The van der Waals surface area contributed by atoms with Crippen molar-refractivity contribution in [3.05, 3.63) is 91.4 Å². The van der Waals surface area contributed by atoms with Crippen molar-refractivity contribution in [1.82, 2.24) is 14.6 Å². The number of halogens is 2. The zero-order chi connectivity index (χ0) is 20.0. The van der Waals surface area contributed by atoms with Crippen molar-refractivity contribution in [2.75, 3.05) is 0 Å². The van der Waals surface area contributed by atoms with Gasteiger partial charge in [0.05, 0.1) is 10.0 Å². The quantitative estimate of drug-likeness (QED) is 0.399. The summed E-state index contributed by atoms with van der Waals surface area (Å²) < 4.78 is 7.67. The number of furan rings is 1. The summed E-state index contributed by atoms with van der Waals surface area (Å²) >= 11 is 13.3. The second-order valence-electron chi connectivity index (χ2n) is 6.24. The van der Waals surface area contributed by atoms with E-state index in [2.05, 4.69) is 10.1 Å². The van der Waals surface area contributed by atoms with Gasteiger partial charge in [0, 0.05) is 17.2 Å². The number of aromatic nitrogens is 3. The highest BCUT2D eigenvalue weighted by Crippen LogP contribution is 2.29. The van der Waals surface area contributed by atoms with Crippen LogP contribution in [0.15, 0.2) is 69.9 Å². The average molecular weight is 440 g/mol. The molecule has 142 valence electrons. The largest absolute Gasteiger partial charge is 0.457 e. The molecule has 5 nitrogen and oxygen atoms in total. The topological polar surface area (TPSA) is 60.4 Å². The van der Waals surface area contributed by atoms with Crippen molar-refractivity contribution < 1.29 is 4.42 Å². The Morgan fingerprint density at radius 1 is 0.966 bits per heavy atom. The van der Waals surface area contributed by atoms with E-state index >= 15 is 0 Å². The lowest BCUT2D eigenvalue weighted by Crippen LogP contribution is -2.23. The predicted molar refractivity (Wildman–Crippen MR) is 116 cm³/mol. The van der Waals surface area contributed by atoms with E-state index in [0.29, 0.717) is 36.9 Å². The normalized spacial score (nSPS) is 12.1. The Balaban J connectivity index is 1.52. The molecule has 3 aromatic heterocycles. The Hall–Kier alpha value is -2.93. The second-order valence-corrected chi connectivity index (χ2v) is 8.07. The number of hydrogen-bond acceptors (Lipinski definition) is 5. The minimum Gasteiger partial charge on any atom is -0.457 e. The van der Waals surface area contributed by atoms with Crippen LogP contribution in [0.25, 0.3) is 33.7 Å². The number of thiazole rings is 1. The Bertz CT molecular complexity index is 1450. The number of benzene rings is 2. The number of hydrogen-bond donors (Lipinski definition) is 0. The molecule has 2 aromatic carbocycles. The van der Waals surface area contributed by atoms with Crippen molar-refractivity contribution >= 4 is 45.6 Å². The van der Waals surface area contributed by atoms with Crippen LogP contribution >= 0.6 is 34.5 Å². The van der Waals surface area contributed by atoms with Gasteiger partial charge in [0.25, 0.3) is 5.56 Å². The van der Waals surface area contributed by atoms with Gasteiger partial charge in [-0.25, -0.2) is 0 Å². The maximum Gasteiger partial charge on any atom is 0.291 e. The van der Waals surface area contributed by atoms with Crippen LogP contribution in [0, 0.1) is 0 Å². The Morgan fingerprint density at radius 3 is 2.55 bits per heavy atom. The van der Waals surface area contributed by atoms with Crippen LogP contribution in [0.1, 0.15) is 5.76 Å². The molecule has 0 radical (unpaired) electrons. The van der Waals surface area contributed by atoms with E-state index in [1.54, 1.807) is 24.3 Å². The molecule has 0 aliphatic heterocycles. The monoisotopic (exact) mass is 439 g/mol. The third-order valence-electron chi connectivity index (χ3n) is 4.32. The molecule has 0 atom stereocenters. The molecule has 0 spiro atoms. The number of rotatable bonds is 3. The van der Waals surface area contributed by atoms with Crippen LogP contribution in [0.2, 0.25) is 10.0 Å². The zero-order valence-electron chi connectivity index (χ0n) is 14.7. The molecule has 0 saturated carbocycles. The van der Waals surface area contributed by atoms with Gasteiger partial charge >= 0.3 is 0 Å². The molecule has 8 heteroatoms. The standard InChI is InChI=1S/C21H11Cl2N3O2S/c22-15-8-6-13(10-16(15)23)17-9-7-14(28-17)11-18-20(27)26-21(29-18)24-19(25-26)12-4-2-1-3-5-12/h1-11H/b18-11-. The summed E-state index contributed by atoms with van der Waals surface area (Å²) in [5.74, 6) is 1.71. The number of nitrogens with zero attached hydrogens (tertiary/aromatic N) is 3. The van der Waals surface area contributed by atoms with Crippen molar-refractivity contribution in [2.45, 2.75) is 0 Å². The summed E-state index contributed by atoms with van der Waals surface area (Å²) in [4.78, 5) is 17.7. The Kier molecular flexibility index (Phi) is 4.47. The fraction of sp³-hybridized carbons (Fsp3) is 0. The van der Waals surface area contributed by atoms with Crippen LogP contribution in [0.4, 0.5) is 0 Å². The van der Waals surface area contributed by atoms with E-state index in [-0.39, 0.29) is 5.56 Å². The first-order valence-electron chi connectivity index (χ1n) is 8.60. The molecule has 0 aliphatic carbocycles. The summed E-state index contributed by atoms with van der Waals surface area (Å²) in [7, 11) is 0. The molecule has 0 fully saturated rings. The summed E-state index contributed by atoms with van der Waals surface area (Å²) in [5.41, 5.74) is 1.44. The summed E-state index contributed by atoms with van der Waals surface area (Å²) in [5, 5.41) is 5.27. The van der Waals surface area contributed by atoms with Gasteiger partial charge in [-0.2, -0.15) is 9.50 Å². The lowest BCUT2D eigenvalue weighted by Gasteiger charge is -1.99. The molecule has 0 bridgehead atoms. The highest BCUT2D eigenvalue weighted by atomic mass is 35.5. The summed E-state index contributed by atoms with van der Waals surface area (Å²) in [6, 6.07) is 18.4. The first-order chi connectivity index (χ1) is 14.1. The van der Waals surface area contributed by atoms with Crippen LogP contribution in [-0.2, 0) is 0 Å². The molecule has 5 aromatic rings. The van der Waals surface area contributed by atoms with E-state index in [9.17, 15) is 4.79 Å². The smallest absolute Gasteiger partial charge is 0.291 e. The van der Waals surface area contributed by atoms with Crippen molar-refractivity contribution in [3.63, 3.8) is 0 Å². The molecule has 0 aliphatic rings. The SMILES string of the molecule is O=c1/c(=C/c2ccc(-c3ccc(Cl)c(Cl)c3)o2)sc2nc(-c3ccccc3)nn12. The van der Waals surface area contributed by atoms with E-state index in [4.69, 9.17) is 27.6 Å². The van der Waals surface area contributed by atoms with E-state index < -0.39 is 0 Å². The van der Waals surface area contributed by atoms with Crippen LogP contribution < -0.4 is 10.1 Å². The minimum absolute atomic E-state index is 0.229.